The molecule has 0 spiro atoms. The maximum atomic E-state index is 12.7. The standard InChI is InChI=1S/C51H84O10/c1-3-5-7-9-11-13-15-17-18-19-20-21-22-23-24-25-26-28-29-31-33-35-37-39-46(53)58-42-44(43-59-51-50(57)49(56)48(55)45(41-52)61-51)60-47(54)40-38-36-34-32-30-27-16-14-12-10-8-6-4-2/h6,8,10,12,14,16,20-21,23-24,27,30,32,34,44-45,48-52,55-57H,3-5,7,9,11,13,15,17-19,22,25-26,28-29,31,33,35-43H2,1-2H3/b8-6+,12-10+,16-14+,21-20+,24-23+,30-27+,34-32+/t44?,45-,48+,49?,50?,51-/m0/s1. The quantitative estimate of drug-likeness (QED) is 0.0204. The fourth-order valence-electron chi connectivity index (χ4n) is 6.66. The van der Waals surface area contributed by atoms with Crippen LogP contribution in [0.2, 0.25) is 0 Å². The summed E-state index contributed by atoms with van der Waals surface area (Å²) in [6.45, 7) is 3.18. The van der Waals surface area contributed by atoms with Crippen molar-refractivity contribution in [2.45, 2.75) is 205 Å². The first-order valence-electron chi connectivity index (χ1n) is 23.7. The number of rotatable bonds is 38. The second-order valence-corrected chi connectivity index (χ2v) is 15.9. The van der Waals surface area contributed by atoms with Gasteiger partial charge in [-0.05, 0) is 57.8 Å². The molecular formula is C51H84O10. The molecule has 0 amide bonds. The van der Waals surface area contributed by atoms with Gasteiger partial charge in [0.15, 0.2) is 12.4 Å². The molecule has 1 fully saturated rings. The van der Waals surface area contributed by atoms with E-state index in [0.717, 1.165) is 38.5 Å². The van der Waals surface area contributed by atoms with Gasteiger partial charge in [0, 0.05) is 12.8 Å². The number of allylic oxidation sites excluding steroid dienone is 14. The van der Waals surface area contributed by atoms with Crippen LogP contribution in [0.25, 0.3) is 0 Å². The van der Waals surface area contributed by atoms with E-state index >= 15 is 0 Å². The first-order valence-corrected chi connectivity index (χ1v) is 23.7. The molecule has 348 valence electrons. The van der Waals surface area contributed by atoms with Gasteiger partial charge in [0.05, 0.1) is 13.2 Å². The van der Waals surface area contributed by atoms with E-state index in [9.17, 15) is 30.0 Å². The average molecular weight is 857 g/mol. The molecule has 1 heterocycles. The highest BCUT2D eigenvalue weighted by Gasteiger charge is 2.44. The summed E-state index contributed by atoms with van der Waals surface area (Å²) in [6, 6.07) is 0. The van der Waals surface area contributed by atoms with Crippen LogP contribution in [0.15, 0.2) is 85.1 Å². The number of esters is 2. The Morgan fingerprint density at radius 1 is 0.541 bits per heavy atom. The van der Waals surface area contributed by atoms with E-state index in [1.807, 2.05) is 54.7 Å². The molecule has 61 heavy (non-hydrogen) atoms. The lowest BCUT2D eigenvalue weighted by Crippen LogP contribution is -2.59. The summed E-state index contributed by atoms with van der Waals surface area (Å²) in [7, 11) is 0. The van der Waals surface area contributed by atoms with Crippen LogP contribution in [0.3, 0.4) is 0 Å². The highest BCUT2D eigenvalue weighted by Crippen LogP contribution is 2.22. The minimum atomic E-state index is -1.61. The van der Waals surface area contributed by atoms with Gasteiger partial charge in [-0.25, -0.2) is 0 Å². The van der Waals surface area contributed by atoms with E-state index in [4.69, 9.17) is 18.9 Å². The van der Waals surface area contributed by atoms with E-state index in [1.165, 1.54) is 83.5 Å². The zero-order chi connectivity index (χ0) is 44.4. The van der Waals surface area contributed by atoms with Crippen LogP contribution in [0.5, 0.6) is 0 Å². The van der Waals surface area contributed by atoms with Crippen LogP contribution in [-0.2, 0) is 28.5 Å². The number of hydrogen-bond acceptors (Lipinski definition) is 10. The Kier molecular flexibility index (Phi) is 37.5. The minimum Gasteiger partial charge on any atom is -0.462 e. The zero-order valence-corrected chi connectivity index (χ0v) is 37.9. The third kappa shape index (κ3) is 32.3. The lowest BCUT2D eigenvalue weighted by atomic mass is 9.99. The van der Waals surface area contributed by atoms with Crippen molar-refractivity contribution >= 4 is 11.9 Å². The topological polar surface area (TPSA) is 152 Å². The van der Waals surface area contributed by atoms with Crippen molar-refractivity contribution in [2.24, 2.45) is 0 Å². The van der Waals surface area contributed by atoms with Crippen LogP contribution in [-0.4, -0.2) is 89.0 Å². The number of hydrogen-bond donors (Lipinski definition) is 4. The predicted octanol–water partition coefficient (Wildman–Crippen LogP) is 10.6. The van der Waals surface area contributed by atoms with Gasteiger partial charge < -0.3 is 39.4 Å². The van der Waals surface area contributed by atoms with Gasteiger partial charge in [-0.2, -0.15) is 0 Å². The Labute approximate surface area is 369 Å². The SMILES string of the molecule is CC/C=C/C=C/C=C/C=C/C=C/CCCC(=O)OC(COC(=O)CCCCCCCCC/C=C/C/C=C/CCCCCCCCCCC)CO[C@H]1O[C@@H](CO)[C@@H](O)C(O)C1O. The first-order chi connectivity index (χ1) is 29.8. The highest BCUT2D eigenvalue weighted by atomic mass is 16.7. The summed E-state index contributed by atoms with van der Waals surface area (Å²) in [5, 5.41) is 40.1. The second-order valence-electron chi connectivity index (χ2n) is 15.9. The predicted molar refractivity (Wildman–Crippen MR) is 247 cm³/mol. The molecular weight excluding hydrogens is 773 g/mol. The molecule has 1 rings (SSSR count). The van der Waals surface area contributed by atoms with Crippen molar-refractivity contribution < 1.29 is 49.0 Å². The molecule has 0 aromatic heterocycles. The largest absolute Gasteiger partial charge is 0.462 e. The first kappa shape index (κ1) is 55.9. The molecule has 3 unspecified atom stereocenters. The Balaban J connectivity index is 2.31. The van der Waals surface area contributed by atoms with Crippen LogP contribution in [0.1, 0.15) is 168 Å². The average Bonchev–Trinajstić information content (AvgIpc) is 3.26. The Morgan fingerprint density at radius 2 is 1.05 bits per heavy atom. The second kappa shape index (κ2) is 40.9. The molecule has 6 atom stereocenters. The monoisotopic (exact) mass is 857 g/mol. The summed E-state index contributed by atoms with van der Waals surface area (Å²) in [4.78, 5) is 25.3. The molecule has 0 bridgehead atoms. The van der Waals surface area contributed by atoms with Crippen LogP contribution in [0.4, 0.5) is 0 Å². The zero-order valence-electron chi connectivity index (χ0n) is 37.9. The van der Waals surface area contributed by atoms with Crippen molar-refractivity contribution in [3.8, 4) is 0 Å². The van der Waals surface area contributed by atoms with Crippen molar-refractivity contribution in [3.05, 3.63) is 85.1 Å². The molecule has 0 aromatic rings. The molecule has 0 aliphatic carbocycles. The van der Waals surface area contributed by atoms with Gasteiger partial charge in [-0.15, -0.1) is 0 Å². The normalized spacial score (nSPS) is 20.5. The summed E-state index contributed by atoms with van der Waals surface area (Å²) >= 11 is 0. The molecule has 0 radical (unpaired) electrons. The molecule has 0 aromatic carbocycles. The van der Waals surface area contributed by atoms with Crippen molar-refractivity contribution in [1.29, 1.82) is 0 Å². The van der Waals surface area contributed by atoms with Gasteiger partial charge >= 0.3 is 11.9 Å². The van der Waals surface area contributed by atoms with Crippen LogP contribution < -0.4 is 0 Å². The molecule has 4 N–H and O–H groups in total. The Hall–Kier alpha value is -3.12. The number of unbranched alkanes of at least 4 members (excludes halogenated alkanes) is 17. The van der Waals surface area contributed by atoms with E-state index < -0.39 is 55.4 Å². The Morgan fingerprint density at radius 3 is 1.62 bits per heavy atom. The van der Waals surface area contributed by atoms with Gasteiger partial charge in [-0.1, -0.05) is 182 Å². The lowest BCUT2D eigenvalue weighted by Gasteiger charge is -2.39. The smallest absolute Gasteiger partial charge is 0.306 e. The fraction of sp³-hybridized carbons (Fsp3) is 0.686. The van der Waals surface area contributed by atoms with Gasteiger partial charge in [0.1, 0.15) is 31.0 Å². The van der Waals surface area contributed by atoms with E-state index in [0.29, 0.717) is 19.3 Å². The number of carbonyl (C=O) groups excluding carboxylic acids is 2. The van der Waals surface area contributed by atoms with Gasteiger partial charge in [0.2, 0.25) is 0 Å². The molecule has 10 nitrogen and oxygen atoms in total. The summed E-state index contributed by atoms with van der Waals surface area (Å²) in [6.07, 6.45) is 46.1. The fourth-order valence-corrected chi connectivity index (χ4v) is 6.66. The van der Waals surface area contributed by atoms with Crippen LogP contribution >= 0.6 is 0 Å². The summed E-state index contributed by atoms with van der Waals surface area (Å²) < 4.78 is 22.1. The molecule has 0 saturated carbocycles. The molecule has 1 aliphatic rings. The highest BCUT2D eigenvalue weighted by molar-refractivity contribution is 5.70. The molecule has 1 saturated heterocycles. The third-order valence-electron chi connectivity index (χ3n) is 10.4. The molecule has 1 aliphatic heterocycles. The Bertz CT molecular complexity index is 1270. The minimum absolute atomic E-state index is 0.127. The number of ether oxygens (including phenoxy) is 4. The third-order valence-corrected chi connectivity index (χ3v) is 10.4. The number of aliphatic hydroxyl groups is 4. The summed E-state index contributed by atoms with van der Waals surface area (Å²) in [5.41, 5.74) is 0. The summed E-state index contributed by atoms with van der Waals surface area (Å²) in [5.74, 6) is -0.909. The maximum Gasteiger partial charge on any atom is 0.306 e. The number of carbonyl (C=O) groups is 2. The van der Waals surface area contributed by atoms with Crippen LogP contribution in [0, 0.1) is 0 Å². The van der Waals surface area contributed by atoms with E-state index in [-0.39, 0.29) is 26.1 Å². The van der Waals surface area contributed by atoms with Gasteiger partial charge in [-0.3, -0.25) is 9.59 Å². The molecule has 10 heteroatoms. The van der Waals surface area contributed by atoms with Crippen molar-refractivity contribution in [1.82, 2.24) is 0 Å². The van der Waals surface area contributed by atoms with Gasteiger partial charge in [0.25, 0.3) is 0 Å². The van der Waals surface area contributed by atoms with E-state index in [2.05, 4.69) is 44.2 Å². The van der Waals surface area contributed by atoms with Crippen molar-refractivity contribution in [2.75, 3.05) is 19.8 Å². The van der Waals surface area contributed by atoms with E-state index in [1.54, 1.807) is 0 Å². The maximum absolute atomic E-state index is 12.7. The van der Waals surface area contributed by atoms with Crippen molar-refractivity contribution in [3.63, 3.8) is 0 Å². The lowest BCUT2D eigenvalue weighted by molar-refractivity contribution is -0.305. The number of aliphatic hydroxyl groups excluding tert-OH is 4.